The molecule has 1 N–H and O–H groups in total. The molecule has 0 saturated carbocycles. The first-order valence-electron chi connectivity index (χ1n) is 6.39. The van der Waals surface area contributed by atoms with E-state index < -0.39 is 17.7 Å². The molecule has 0 amide bonds. The number of rotatable bonds is 4. The molecule has 22 heavy (non-hydrogen) atoms. The van der Waals surface area contributed by atoms with Gasteiger partial charge in [0.15, 0.2) is 0 Å². The zero-order valence-electron chi connectivity index (χ0n) is 11.3. The van der Waals surface area contributed by atoms with Crippen molar-refractivity contribution >= 4 is 21.9 Å². The van der Waals surface area contributed by atoms with E-state index in [1.165, 1.54) is 18.2 Å². The Morgan fingerprint density at radius 3 is 2.36 bits per heavy atom. The number of carboxylic acid groups (broad SMARTS) is 1. The van der Waals surface area contributed by atoms with Gasteiger partial charge in [0.2, 0.25) is 0 Å². The lowest BCUT2D eigenvalue weighted by Gasteiger charge is -2.16. The molecule has 116 valence electrons. The van der Waals surface area contributed by atoms with Gasteiger partial charge in [0, 0.05) is 5.33 Å². The molecule has 2 aromatic rings. The molecule has 0 bridgehead atoms. The molecule has 2 rings (SSSR count). The number of alkyl halides is 4. The van der Waals surface area contributed by atoms with Crippen LogP contribution in [-0.4, -0.2) is 11.1 Å². The summed E-state index contributed by atoms with van der Waals surface area (Å²) in [5.74, 6) is -1.09. The Morgan fingerprint density at radius 2 is 1.77 bits per heavy atom. The van der Waals surface area contributed by atoms with E-state index in [-0.39, 0.29) is 12.0 Å². The number of carbonyl (C=O) groups is 1. The van der Waals surface area contributed by atoms with Crippen LogP contribution in [0.5, 0.6) is 0 Å². The second-order valence-electron chi connectivity index (χ2n) is 4.74. The molecule has 0 radical (unpaired) electrons. The van der Waals surface area contributed by atoms with Crippen LogP contribution in [0.1, 0.15) is 16.7 Å². The Morgan fingerprint density at radius 1 is 1.09 bits per heavy atom. The highest BCUT2D eigenvalue weighted by Gasteiger charge is 2.33. The van der Waals surface area contributed by atoms with Gasteiger partial charge in [-0.05, 0) is 28.3 Å². The Hall–Kier alpha value is -1.82. The van der Waals surface area contributed by atoms with Crippen molar-refractivity contribution < 1.29 is 23.1 Å². The van der Waals surface area contributed by atoms with Crippen molar-refractivity contribution in [2.45, 2.75) is 17.9 Å². The van der Waals surface area contributed by atoms with Gasteiger partial charge in [-0.3, -0.25) is 4.79 Å². The number of benzene rings is 2. The van der Waals surface area contributed by atoms with Gasteiger partial charge in [-0.15, -0.1) is 0 Å². The molecule has 0 aliphatic heterocycles. The third kappa shape index (κ3) is 3.68. The Labute approximate surface area is 133 Å². The zero-order chi connectivity index (χ0) is 16.3. The lowest BCUT2D eigenvalue weighted by atomic mass is 9.92. The first kappa shape index (κ1) is 16.5. The fraction of sp³-hybridized carbons (Fsp3) is 0.188. The SMILES string of the molecule is O=C(O)Cc1ccc(CBr)cc1-c1ccccc1C(F)(F)F. The van der Waals surface area contributed by atoms with Crippen LogP contribution in [0.25, 0.3) is 11.1 Å². The summed E-state index contributed by atoms with van der Waals surface area (Å²) in [6.07, 6.45) is -4.83. The molecule has 0 atom stereocenters. The fourth-order valence-corrected chi connectivity index (χ4v) is 2.59. The minimum Gasteiger partial charge on any atom is -0.481 e. The average molecular weight is 373 g/mol. The van der Waals surface area contributed by atoms with Crippen molar-refractivity contribution in [3.8, 4) is 11.1 Å². The number of hydrogen-bond donors (Lipinski definition) is 1. The van der Waals surface area contributed by atoms with Crippen molar-refractivity contribution in [2.75, 3.05) is 0 Å². The topological polar surface area (TPSA) is 37.3 Å². The summed E-state index contributed by atoms with van der Waals surface area (Å²) in [6, 6.07) is 10.0. The maximum Gasteiger partial charge on any atom is 0.417 e. The van der Waals surface area contributed by atoms with Crippen LogP contribution in [0.4, 0.5) is 13.2 Å². The van der Waals surface area contributed by atoms with Crippen LogP contribution in [0.2, 0.25) is 0 Å². The molecular weight excluding hydrogens is 361 g/mol. The van der Waals surface area contributed by atoms with E-state index in [4.69, 9.17) is 5.11 Å². The van der Waals surface area contributed by atoms with E-state index in [1.54, 1.807) is 18.2 Å². The summed E-state index contributed by atoms with van der Waals surface area (Å²) >= 11 is 3.26. The molecule has 0 saturated heterocycles. The third-order valence-electron chi connectivity index (χ3n) is 3.19. The first-order valence-corrected chi connectivity index (χ1v) is 7.51. The normalized spacial score (nSPS) is 11.5. The van der Waals surface area contributed by atoms with Crippen molar-refractivity contribution in [3.05, 3.63) is 59.2 Å². The van der Waals surface area contributed by atoms with Gasteiger partial charge in [-0.2, -0.15) is 13.2 Å². The molecular formula is C16H12BrF3O2. The van der Waals surface area contributed by atoms with E-state index in [0.717, 1.165) is 11.6 Å². The quantitative estimate of drug-likeness (QED) is 0.775. The number of hydrogen-bond acceptors (Lipinski definition) is 1. The monoisotopic (exact) mass is 372 g/mol. The molecule has 2 aromatic carbocycles. The molecule has 0 fully saturated rings. The smallest absolute Gasteiger partial charge is 0.417 e. The highest BCUT2D eigenvalue weighted by Crippen LogP contribution is 2.38. The van der Waals surface area contributed by atoms with E-state index >= 15 is 0 Å². The minimum atomic E-state index is -4.50. The third-order valence-corrected chi connectivity index (χ3v) is 3.84. The van der Waals surface area contributed by atoms with Gasteiger partial charge in [0.25, 0.3) is 0 Å². The fourth-order valence-electron chi connectivity index (χ4n) is 2.24. The molecule has 6 heteroatoms. The van der Waals surface area contributed by atoms with Gasteiger partial charge in [-0.1, -0.05) is 52.3 Å². The van der Waals surface area contributed by atoms with E-state index in [0.29, 0.717) is 16.5 Å². The lowest BCUT2D eigenvalue weighted by Crippen LogP contribution is -2.09. The van der Waals surface area contributed by atoms with Gasteiger partial charge in [-0.25, -0.2) is 0 Å². The van der Waals surface area contributed by atoms with E-state index in [1.807, 2.05) is 0 Å². The largest absolute Gasteiger partial charge is 0.481 e. The summed E-state index contributed by atoms with van der Waals surface area (Å²) in [5, 5.41) is 9.44. The van der Waals surface area contributed by atoms with Crippen molar-refractivity contribution in [2.24, 2.45) is 0 Å². The maximum atomic E-state index is 13.2. The predicted molar refractivity (Wildman–Crippen MR) is 80.9 cm³/mol. The molecule has 0 unspecified atom stereocenters. The van der Waals surface area contributed by atoms with Crippen LogP contribution in [0, 0.1) is 0 Å². The first-order chi connectivity index (χ1) is 10.3. The number of aliphatic carboxylic acids is 1. The summed E-state index contributed by atoms with van der Waals surface area (Å²) in [6.45, 7) is 0. The average Bonchev–Trinajstić information content (AvgIpc) is 2.46. The maximum absolute atomic E-state index is 13.2. The molecule has 0 aromatic heterocycles. The van der Waals surface area contributed by atoms with Crippen LogP contribution in [0.15, 0.2) is 42.5 Å². The molecule has 0 aliphatic rings. The van der Waals surface area contributed by atoms with Crippen molar-refractivity contribution in [1.82, 2.24) is 0 Å². The summed E-state index contributed by atoms with van der Waals surface area (Å²) in [5.41, 5.74) is 0.657. The van der Waals surface area contributed by atoms with Crippen LogP contribution in [0.3, 0.4) is 0 Å². The highest BCUT2D eigenvalue weighted by molar-refractivity contribution is 9.08. The van der Waals surface area contributed by atoms with E-state index in [2.05, 4.69) is 15.9 Å². The lowest BCUT2D eigenvalue weighted by molar-refractivity contribution is -0.137. The van der Waals surface area contributed by atoms with Gasteiger partial charge >= 0.3 is 12.1 Å². The van der Waals surface area contributed by atoms with Crippen molar-refractivity contribution in [3.63, 3.8) is 0 Å². The van der Waals surface area contributed by atoms with Crippen molar-refractivity contribution in [1.29, 1.82) is 0 Å². The molecule has 2 nitrogen and oxygen atoms in total. The molecule has 0 spiro atoms. The van der Waals surface area contributed by atoms with Gasteiger partial charge < -0.3 is 5.11 Å². The van der Waals surface area contributed by atoms with Gasteiger partial charge in [0.1, 0.15) is 0 Å². The number of halogens is 4. The Kier molecular flexibility index (Phi) is 4.90. The molecule has 0 aliphatic carbocycles. The van der Waals surface area contributed by atoms with Crippen LogP contribution < -0.4 is 0 Å². The predicted octanol–water partition coefficient (Wildman–Crippen LogP) is 4.89. The summed E-state index contributed by atoms with van der Waals surface area (Å²) in [7, 11) is 0. The second-order valence-corrected chi connectivity index (χ2v) is 5.30. The number of carboxylic acids is 1. The van der Waals surface area contributed by atoms with Crippen LogP contribution in [-0.2, 0) is 22.7 Å². The summed E-state index contributed by atoms with van der Waals surface area (Å²) < 4.78 is 39.6. The Balaban J connectivity index is 2.67. The molecule has 0 heterocycles. The Bertz CT molecular complexity index is 696. The van der Waals surface area contributed by atoms with Gasteiger partial charge in [0.05, 0.1) is 12.0 Å². The van der Waals surface area contributed by atoms with Crippen LogP contribution >= 0.6 is 15.9 Å². The summed E-state index contributed by atoms with van der Waals surface area (Å²) in [4.78, 5) is 11.0. The minimum absolute atomic E-state index is 0.00551. The van der Waals surface area contributed by atoms with E-state index in [9.17, 15) is 18.0 Å². The zero-order valence-corrected chi connectivity index (χ0v) is 12.9. The second kappa shape index (κ2) is 6.52. The highest BCUT2D eigenvalue weighted by atomic mass is 79.9. The standard InChI is InChI=1S/C16H12BrF3O2/c17-9-10-5-6-11(8-15(21)22)13(7-10)12-3-1-2-4-14(12)16(18,19)20/h1-7H,8-9H2,(H,21,22).